The van der Waals surface area contributed by atoms with Crippen molar-refractivity contribution in [1.29, 1.82) is 0 Å². The summed E-state index contributed by atoms with van der Waals surface area (Å²) < 4.78 is 14.1. The molecule has 0 aliphatic rings. The quantitative estimate of drug-likeness (QED) is 0.889. The van der Waals surface area contributed by atoms with E-state index in [1.165, 1.54) is 12.3 Å². The predicted octanol–water partition coefficient (Wildman–Crippen LogP) is 3.45. The third-order valence-electron chi connectivity index (χ3n) is 3.17. The van der Waals surface area contributed by atoms with E-state index in [2.05, 4.69) is 15.6 Å². The normalized spacial score (nSPS) is 12.2. The molecule has 2 aromatic rings. The number of rotatable bonds is 5. The van der Waals surface area contributed by atoms with Gasteiger partial charge in [0.2, 0.25) is 0 Å². The van der Waals surface area contributed by atoms with E-state index in [-0.39, 0.29) is 23.3 Å². The molecule has 4 nitrogen and oxygen atoms in total. The zero-order valence-electron chi connectivity index (χ0n) is 12.2. The first-order valence-corrected chi connectivity index (χ1v) is 7.59. The summed E-state index contributed by atoms with van der Waals surface area (Å²) in [5.41, 5.74) is -0.00319. The number of anilines is 1. The molecular formula is C15H18FN3OS. The number of nitrogens with zero attached hydrogens (tertiary/aromatic N) is 1. The van der Waals surface area contributed by atoms with Crippen LogP contribution in [0.25, 0.3) is 0 Å². The first kappa shape index (κ1) is 15.4. The average Bonchev–Trinajstić information content (AvgIpc) is 2.98. The number of hydrogen-bond donors (Lipinski definition) is 2. The van der Waals surface area contributed by atoms with E-state index in [1.807, 2.05) is 31.4 Å². The SMILES string of the molecule is CNc1nccc(C(=O)NC(c2cccs2)C(C)C)c1F. The molecule has 2 heterocycles. The molecule has 1 unspecified atom stereocenters. The van der Waals surface area contributed by atoms with Crippen molar-refractivity contribution in [3.8, 4) is 0 Å². The first-order valence-electron chi connectivity index (χ1n) is 6.71. The fourth-order valence-corrected chi connectivity index (χ4v) is 3.00. The zero-order valence-corrected chi connectivity index (χ0v) is 13.0. The fraction of sp³-hybridized carbons (Fsp3) is 0.333. The van der Waals surface area contributed by atoms with E-state index in [0.717, 1.165) is 4.88 Å². The second-order valence-corrected chi connectivity index (χ2v) is 5.96. The number of carbonyl (C=O) groups excluding carboxylic acids is 1. The summed E-state index contributed by atoms with van der Waals surface area (Å²) in [6, 6.07) is 5.16. The van der Waals surface area contributed by atoms with Crippen LogP contribution in [-0.2, 0) is 0 Å². The van der Waals surface area contributed by atoms with Crippen LogP contribution in [0.5, 0.6) is 0 Å². The van der Waals surface area contributed by atoms with Crippen LogP contribution in [0.3, 0.4) is 0 Å². The molecular weight excluding hydrogens is 289 g/mol. The Balaban J connectivity index is 2.24. The number of halogens is 1. The molecule has 2 N–H and O–H groups in total. The highest BCUT2D eigenvalue weighted by Crippen LogP contribution is 2.26. The molecule has 0 fully saturated rings. The Hall–Kier alpha value is -1.95. The largest absolute Gasteiger partial charge is 0.371 e. The topological polar surface area (TPSA) is 54.0 Å². The second-order valence-electron chi connectivity index (χ2n) is 4.98. The Morgan fingerprint density at radius 3 is 2.71 bits per heavy atom. The van der Waals surface area contributed by atoms with Crippen molar-refractivity contribution in [3.63, 3.8) is 0 Å². The lowest BCUT2D eigenvalue weighted by Crippen LogP contribution is -2.32. The number of nitrogens with one attached hydrogen (secondary N) is 2. The van der Waals surface area contributed by atoms with Gasteiger partial charge >= 0.3 is 0 Å². The van der Waals surface area contributed by atoms with Gasteiger partial charge in [-0.15, -0.1) is 11.3 Å². The van der Waals surface area contributed by atoms with Crippen molar-refractivity contribution in [2.75, 3.05) is 12.4 Å². The van der Waals surface area contributed by atoms with Gasteiger partial charge in [-0.1, -0.05) is 19.9 Å². The predicted molar refractivity (Wildman–Crippen MR) is 83.1 cm³/mol. The molecule has 21 heavy (non-hydrogen) atoms. The van der Waals surface area contributed by atoms with Gasteiger partial charge in [0.25, 0.3) is 5.91 Å². The lowest BCUT2D eigenvalue weighted by atomic mass is 10.0. The Morgan fingerprint density at radius 2 is 2.14 bits per heavy atom. The molecule has 2 aromatic heterocycles. The van der Waals surface area contributed by atoms with Crippen LogP contribution in [-0.4, -0.2) is 17.9 Å². The zero-order chi connectivity index (χ0) is 15.4. The monoisotopic (exact) mass is 307 g/mol. The van der Waals surface area contributed by atoms with Gasteiger partial charge in [0.1, 0.15) is 0 Å². The third kappa shape index (κ3) is 3.39. The molecule has 0 saturated carbocycles. The summed E-state index contributed by atoms with van der Waals surface area (Å²) in [6.45, 7) is 4.04. The van der Waals surface area contributed by atoms with E-state index in [1.54, 1.807) is 18.4 Å². The van der Waals surface area contributed by atoms with Gasteiger partial charge in [0, 0.05) is 18.1 Å². The molecule has 0 spiro atoms. The fourth-order valence-electron chi connectivity index (χ4n) is 2.05. The first-order chi connectivity index (χ1) is 10.0. The van der Waals surface area contributed by atoms with Crippen LogP contribution in [0, 0.1) is 11.7 Å². The number of carbonyl (C=O) groups is 1. The number of aromatic nitrogens is 1. The Bertz CT molecular complexity index is 613. The van der Waals surface area contributed by atoms with E-state index in [9.17, 15) is 9.18 Å². The van der Waals surface area contributed by atoms with Gasteiger partial charge in [-0.05, 0) is 23.4 Å². The van der Waals surface area contributed by atoms with E-state index in [0.29, 0.717) is 0 Å². The minimum Gasteiger partial charge on any atom is -0.371 e. The molecule has 1 atom stereocenters. The van der Waals surface area contributed by atoms with Crippen LogP contribution in [0.15, 0.2) is 29.8 Å². The Kier molecular flexibility index (Phi) is 4.90. The summed E-state index contributed by atoms with van der Waals surface area (Å²) >= 11 is 1.58. The molecule has 0 aliphatic heterocycles. The van der Waals surface area contributed by atoms with Crippen molar-refractivity contribution in [1.82, 2.24) is 10.3 Å². The van der Waals surface area contributed by atoms with E-state index < -0.39 is 11.7 Å². The molecule has 0 aromatic carbocycles. The summed E-state index contributed by atoms with van der Waals surface area (Å²) in [4.78, 5) is 17.2. The van der Waals surface area contributed by atoms with Crippen LogP contribution in [0.4, 0.5) is 10.2 Å². The van der Waals surface area contributed by atoms with Crippen molar-refractivity contribution in [2.24, 2.45) is 5.92 Å². The van der Waals surface area contributed by atoms with Crippen molar-refractivity contribution in [2.45, 2.75) is 19.9 Å². The van der Waals surface area contributed by atoms with Crippen LogP contribution in [0.1, 0.15) is 35.1 Å². The number of thiophene rings is 1. The molecule has 0 aliphatic carbocycles. The number of hydrogen-bond acceptors (Lipinski definition) is 4. The maximum Gasteiger partial charge on any atom is 0.254 e. The molecule has 0 bridgehead atoms. The Morgan fingerprint density at radius 1 is 1.38 bits per heavy atom. The van der Waals surface area contributed by atoms with Crippen molar-refractivity contribution >= 4 is 23.1 Å². The van der Waals surface area contributed by atoms with Crippen molar-refractivity contribution in [3.05, 3.63) is 46.0 Å². The summed E-state index contributed by atoms with van der Waals surface area (Å²) in [6.07, 6.45) is 1.42. The van der Waals surface area contributed by atoms with Crippen LogP contribution in [0.2, 0.25) is 0 Å². The summed E-state index contributed by atoms with van der Waals surface area (Å²) in [5, 5.41) is 7.49. The molecule has 2 rings (SSSR count). The van der Waals surface area contributed by atoms with Gasteiger partial charge in [0.05, 0.1) is 11.6 Å². The number of pyridine rings is 1. The molecule has 0 radical (unpaired) electrons. The van der Waals surface area contributed by atoms with Crippen LogP contribution >= 0.6 is 11.3 Å². The lowest BCUT2D eigenvalue weighted by Gasteiger charge is -2.21. The smallest absolute Gasteiger partial charge is 0.254 e. The summed E-state index contributed by atoms with van der Waals surface area (Å²) in [7, 11) is 1.57. The number of amides is 1. The minimum atomic E-state index is -0.633. The van der Waals surface area contributed by atoms with E-state index in [4.69, 9.17) is 0 Å². The standard InChI is InChI=1S/C15H18FN3OS/c1-9(2)13(11-5-4-8-21-11)19-15(20)10-6-7-18-14(17-3)12(10)16/h4-9,13H,1-3H3,(H,17,18)(H,19,20). The highest BCUT2D eigenvalue weighted by Gasteiger charge is 2.22. The second kappa shape index (κ2) is 6.67. The van der Waals surface area contributed by atoms with Gasteiger partial charge in [0.15, 0.2) is 11.6 Å². The molecule has 1 amide bonds. The van der Waals surface area contributed by atoms with Gasteiger partial charge in [-0.25, -0.2) is 9.37 Å². The van der Waals surface area contributed by atoms with Gasteiger partial charge < -0.3 is 10.6 Å². The molecule has 0 saturated heterocycles. The highest BCUT2D eigenvalue weighted by atomic mass is 32.1. The summed E-state index contributed by atoms with van der Waals surface area (Å²) in [5.74, 6) is -0.786. The average molecular weight is 307 g/mol. The third-order valence-corrected chi connectivity index (χ3v) is 4.13. The highest BCUT2D eigenvalue weighted by molar-refractivity contribution is 7.10. The van der Waals surface area contributed by atoms with E-state index >= 15 is 0 Å². The van der Waals surface area contributed by atoms with Gasteiger partial charge in [-0.3, -0.25) is 4.79 Å². The maximum absolute atomic E-state index is 14.1. The molecule has 6 heteroatoms. The molecule has 112 valence electrons. The lowest BCUT2D eigenvalue weighted by molar-refractivity contribution is 0.0922. The van der Waals surface area contributed by atoms with Gasteiger partial charge in [-0.2, -0.15) is 0 Å². The Labute approximate surface area is 127 Å². The maximum atomic E-state index is 14.1. The van der Waals surface area contributed by atoms with Crippen LogP contribution < -0.4 is 10.6 Å². The minimum absolute atomic E-state index is 0.00319. The van der Waals surface area contributed by atoms with Crippen molar-refractivity contribution < 1.29 is 9.18 Å².